The first-order chi connectivity index (χ1) is 16.7. The van der Waals surface area contributed by atoms with Gasteiger partial charge in [-0.1, -0.05) is 13.3 Å². The van der Waals surface area contributed by atoms with E-state index in [-0.39, 0.29) is 18.7 Å². The fourth-order valence-corrected chi connectivity index (χ4v) is 4.57. The molecule has 34 heavy (non-hydrogen) atoms. The van der Waals surface area contributed by atoms with Gasteiger partial charge in [0.15, 0.2) is 11.5 Å². The lowest BCUT2D eigenvalue weighted by molar-refractivity contribution is 0.0909. The van der Waals surface area contributed by atoms with Crippen molar-refractivity contribution in [2.24, 2.45) is 0 Å². The van der Waals surface area contributed by atoms with Crippen LogP contribution in [0.25, 0.3) is 22.3 Å². The molecule has 0 spiro atoms. The van der Waals surface area contributed by atoms with Crippen molar-refractivity contribution < 1.29 is 19.0 Å². The van der Waals surface area contributed by atoms with Gasteiger partial charge in [0, 0.05) is 18.8 Å². The number of likely N-dealkylation sites (tertiary alicyclic amines) is 1. The topological polar surface area (TPSA) is 102 Å². The number of aromatic amines is 1. The van der Waals surface area contributed by atoms with Gasteiger partial charge in [-0.2, -0.15) is 0 Å². The van der Waals surface area contributed by atoms with Crippen LogP contribution in [0.2, 0.25) is 0 Å². The van der Waals surface area contributed by atoms with Gasteiger partial charge in [0.25, 0.3) is 5.91 Å². The molecule has 1 amide bonds. The van der Waals surface area contributed by atoms with Crippen molar-refractivity contribution in [2.75, 3.05) is 33.0 Å². The molecule has 9 heteroatoms. The molecular formula is C25H30N5O4. The molecule has 1 fully saturated rings. The second-order valence-corrected chi connectivity index (χ2v) is 8.64. The van der Waals surface area contributed by atoms with Crippen molar-refractivity contribution in [1.29, 1.82) is 0 Å². The Labute approximate surface area is 198 Å². The maximum atomic E-state index is 13.2. The van der Waals surface area contributed by atoms with Crippen LogP contribution in [-0.2, 0) is 0 Å². The Morgan fingerprint density at radius 3 is 3.12 bits per heavy atom. The highest BCUT2D eigenvalue weighted by Gasteiger charge is 2.28. The second-order valence-electron chi connectivity index (χ2n) is 8.64. The van der Waals surface area contributed by atoms with Crippen LogP contribution in [-0.4, -0.2) is 64.8 Å². The first-order valence-corrected chi connectivity index (χ1v) is 11.9. The molecule has 2 aromatic heterocycles. The Morgan fingerprint density at radius 1 is 1.35 bits per heavy atom. The molecule has 1 saturated heterocycles. The van der Waals surface area contributed by atoms with E-state index in [0.717, 1.165) is 45.3 Å². The van der Waals surface area contributed by atoms with E-state index in [1.165, 1.54) is 6.33 Å². The maximum Gasteiger partial charge on any atom is 0.255 e. The molecule has 0 saturated carbocycles. The van der Waals surface area contributed by atoms with Gasteiger partial charge < -0.3 is 29.4 Å². The van der Waals surface area contributed by atoms with Gasteiger partial charge in [-0.15, -0.1) is 0 Å². The summed E-state index contributed by atoms with van der Waals surface area (Å²) in [6, 6.07) is 3.81. The van der Waals surface area contributed by atoms with Gasteiger partial charge in [0.1, 0.15) is 23.3 Å². The van der Waals surface area contributed by atoms with Gasteiger partial charge in [0.05, 0.1) is 23.3 Å². The number of piperidine rings is 1. The normalized spacial score (nSPS) is 17.8. The van der Waals surface area contributed by atoms with Gasteiger partial charge in [0.2, 0.25) is 6.79 Å². The number of nitrogens with one attached hydrogen (secondary N) is 2. The predicted molar refractivity (Wildman–Crippen MR) is 128 cm³/mol. The molecule has 4 heterocycles. The van der Waals surface area contributed by atoms with Crippen LogP contribution >= 0.6 is 0 Å². The number of H-pyrrole nitrogens is 1. The minimum Gasteiger partial charge on any atom is -0.493 e. The average Bonchev–Trinajstić information content (AvgIpc) is 3.51. The number of benzene rings is 1. The summed E-state index contributed by atoms with van der Waals surface area (Å²) in [6.45, 7) is 9.38. The van der Waals surface area contributed by atoms with E-state index in [1.807, 2.05) is 12.1 Å². The quantitative estimate of drug-likeness (QED) is 0.492. The van der Waals surface area contributed by atoms with Crippen LogP contribution in [0.3, 0.4) is 0 Å². The largest absolute Gasteiger partial charge is 0.493 e. The van der Waals surface area contributed by atoms with Gasteiger partial charge in [-0.25, -0.2) is 9.97 Å². The molecule has 1 aromatic carbocycles. The maximum absolute atomic E-state index is 13.2. The highest BCUT2D eigenvalue weighted by Crippen LogP contribution is 2.47. The third-order valence-electron chi connectivity index (χ3n) is 6.36. The Bertz CT molecular complexity index is 1180. The molecule has 0 bridgehead atoms. The third-order valence-corrected chi connectivity index (χ3v) is 6.36. The number of unbranched alkanes of at least 4 members (excludes halogenated alkanes) is 1. The molecule has 3 aromatic rings. The SMILES string of the molecule is [CH2]CN1CCCC(NC(=O)c2c[nH]c3c(-c4c(OCCCC)ccc5c4OCO5)ncnc23)C1. The van der Waals surface area contributed by atoms with Gasteiger partial charge in [-0.05, 0) is 51.4 Å². The molecule has 1 atom stereocenters. The van der Waals surface area contributed by atoms with Crippen LogP contribution in [0.4, 0.5) is 0 Å². The number of aromatic nitrogens is 3. The predicted octanol–water partition coefficient (Wildman–Crippen LogP) is 3.56. The fraction of sp³-hybridized carbons (Fsp3) is 0.440. The molecule has 2 aliphatic heterocycles. The van der Waals surface area contributed by atoms with E-state index in [9.17, 15) is 4.79 Å². The molecular weight excluding hydrogens is 434 g/mol. The van der Waals surface area contributed by atoms with E-state index in [4.69, 9.17) is 14.2 Å². The van der Waals surface area contributed by atoms with Crippen molar-refractivity contribution >= 4 is 16.9 Å². The number of nitrogens with zero attached hydrogens (tertiary/aromatic N) is 3. The van der Waals surface area contributed by atoms with Crippen LogP contribution in [0.5, 0.6) is 17.2 Å². The molecule has 9 nitrogen and oxygen atoms in total. The average molecular weight is 465 g/mol. The molecule has 5 rings (SSSR count). The summed E-state index contributed by atoms with van der Waals surface area (Å²) in [7, 11) is 0. The van der Waals surface area contributed by atoms with E-state index >= 15 is 0 Å². The summed E-state index contributed by atoms with van der Waals surface area (Å²) in [5.41, 5.74) is 3.01. The standard InChI is InChI=1S/C25H30N5O4/c1-3-5-11-32-18-8-9-19-24(34-15-33-19)20(18)22-23-21(27-14-28-22)17(12-26-23)25(31)29-16-7-6-10-30(4-2)13-16/h8-9,12,14,16,26H,2-7,10-11,13,15H2,1H3,(H,29,31). The van der Waals surface area contributed by atoms with Crippen molar-refractivity contribution in [1.82, 2.24) is 25.2 Å². The number of fused-ring (bicyclic) bond motifs is 2. The Kier molecular flexibility index (Phi) is 6.53. The second kappa shape index (κ2) is 9.89. The first kappa shape index (κ1) is 22.5. The van der Waals surface area contributed by atoms with Crippen molar-refractivity contribution in [3.8, 4) is 28.5 Å². The highest BCUT2D eigenvalue weighted by atomic mass is 16.7. The number of ether oxygens (including phenoxy) is 3. The summed E-state index contributed by atoms with van der Waals surface area (Å²) in [6.07, 6.45) is 7.13. The zero-order chi connectivity index (χ0) is 23.5. The molecule has 0 aliphatic carbocycles. The number of carbonyl (C=O) groups is 1. The van der Waals surface area contributed by atoms with Crippen LogP contribution in [0.15, 0.2) is 24.7 Å². The minimum atomic E-state index is -0.149. The summed E-state index contributed by atoms with van der Waals surface area (Å²) >= 11 is 0. The minimum absolute atomic E-state index is 0.0933. The van der Waals surface area contributed by atoms with E-state index in [1.54, 1.807) is 6.20 Å². The van der Waals surface area contributed by atoms with Crippen molar-refractivity contribution in [3.63, 3.8) is 0 Å². The lowest BCUT2D eigenvalue weighted by atomic mass is 10.0. The zero-order valence-corrected chi connectivity index (χ0v) is 19.4. The van der Waals surface area contributed by atoms with Crippen molar-refractivity contribution in [3.05, 3.63) is 37.1 Å². The number of amides is 1. The Hall–Kier alpha value is -3.33. The summed E-state index contributed by atoms with van der Waals surface area (Å²) in [5.74, 6) is 1.74. The first-order valence-electron chi connectivity index (χ1n) is 11.9. The Morgan fingerprint density at radius 2 is 2.26 bits per heavy atom. The lowest BCUT2D eigenvalue weighted by Crippen LogP contribution is -2.47. The summed E-state index contributed by atoms with van der Waals surface area (Å²) in [4.78, 5) is 27.6. The smallest absolute Gasteiger partial charge is 0.255 e. The van der Waals surface area contributed by atoms with E-state index in [0.29, 0.717) is 51.7 Å². The molecule has 1 unspecified atom stereocenters. The summed E-state index contributed by atoms with van der Waals surface area (Å²) in [5, 5.41) is 3.17. The number of hydrogen-bond acceptors (Lipinski definition) is 7. The zero-order valence-electron chi connectivity index (χ0n) is 19.4. The number of carbonyl (C=O) groups excluding carboxylic acids is 1. The number of hydrogen-bond donors (Lipinski definition) is 2. The Balaban J connectivity index is 1.49. The molecule has 1 radical (unpaired) electrons. The van der Waals surface area contributed by atoms with Crippen LogP contribution in [0.1, 0.15) is 43.0 Å². The molecule has 179 valence electrons. The van der Waals surface area contributed by atoms with E-state index in [2.05, 4.69) is 39.0 Å². The fourth-order valence-electron chi connectivity index (χ4n) is 4.57. The van der Waals surface area contributed by atoms with Gasteiger partial charge in [-0.3, -0.25) is 4.79 Å². The number of rotatable bonds is 8. The van der Waals surface area contributed by atoms with Crippen LogP contribution < -0.4 is 19.5 Å². The van der Waals surface area contributed by atoms with Crippen molar-refractivity contribution in [2.45, 2.75) is 38.6 Å². The van der Waals surface area contributed by atoms with Crippen LogP contribution in [0, 0.1) is 6.92 Å². The van der Waals surface area contributed by atoms with Gasteiger partial charge >= 0.3 is 0 Å². The summed E-state index contributed by atoms with van der Waals surface area (Å²) < 4.78 is 17.5. The molecule has 2 aliphatic rings. The molecule has 2 N–H and O–H groups in total. The van der Waals surface area contributed by atoms with E-state index < -0.39 is 0 Å². The highest BCUT2D eigenvalue weighted by molar-refractivity contribution is 6.08. The monoisotopic (exact) mass is 464 g/mol. The lowest BCUT2D eigenvalue weighted by Gasteiger charge is -2.32. The third kappa shape index (κ3) is 4.27.